The molecule has 0 unspecified atom stereocenters. The minimum atomic E-state index is -0.380. The van der Waals surface area contributed by atoms with E-state index in [1.165, 1.54) is 26.6 Å². The fourth-order valence-electron chi connectivity index (χ4n) is 3.02. The predicted molar refractivity (Wildman–Crippen MR) is 97.4 cm³/mol. The van der Waals surface area contributed by atoms with Crippen molar-refractivity contribution >= 4 is 11.9 Å². The van der Waals surface area contributed by atoms with E-state index in [1.807, 2.05) is 13.8 Å². The summed E-state index contributed by atoms with van der Waals surface area (Å²) < 4.78 is 9.61. The molecule has 0 fully saturated rings. The number of ether oxygens (including phenoxy) is 2. The fourth-order valence-corrected chi connectivity index (χ4v) is 3.02. The normalized spacial score (nSPS) is 11.7. The van der Waals surface area contributed by atoms with Crippen molar-refractivity contribution in [3.63, 3.8) is 0 Å². The molecular formula is C20H24N2O4. The minimum Gasteiger partial charge on any atom is -0.465 e. The lowest BCUT2D eigenvalue weighted by atomic mass is 9.90. The number of esters is 2. The number of carbonyl (C=O) groups is 2. The fraction of sp³-hybridized carbons (Fsp3) is 0.400. The zero-order valence-corrected chi connectivity index (χ0v) is 15.8. The topological polar surface area (TPSA) is 78.4 Å². The summed E-state index contributed by atoms with van der Waals surface area (Å²) in [6.07, 6.45) is 8.23. The van der Waals surface area contributed by atoms with E-state index >= 15 is 0 Å². The molecule has 6 heteroatoms. The minimum absolute atomic E-state index is 0.188. The maximum Gasteiger partial charge on any atom is 0.339 e. The monoisotopic (exact) mass is 356 g/mol. The Kier molecular flexibility index (Phi) is 6.44. The smallest absolute Gasteiger partial charge is 0.339 e. The number of methoxy groups -OCH3 is 2. The highest BCUT2D eigenvalue weighted by atomic mass is 16.5. The summed E-state index contributed by atoms with van der Waals surface area (Å²) in [5.41, 5.74) is 4.78. The molecule has 2 heterocycles. The standard InChI is InChI=1S/C20H24N2O4/c1-12(16-9-22-11-18(14(16)3)20(24)26-5)6-7-15-8-21-10-17(13(15)2)19(23)25-4/h8-12H,6-7H2,1-5H3/t12-/m0/s1. The van der Waals surface area contributed by atoms with Crippen molar-refractivity contribution in [2.75, 3.05) is 14.2 Å². The Labute approximate surface area is 153 Å². The molecule has 1 atom stereocenters. The molecule has 0 bridgehead atoms. The summed E-state index contributed by atoms with van der Waals surface area (Å²) in [5, 5.41) is 0. The summed E-state index contributed by atoms with van der Waals surface area (Å²) in [4.78, 5) is 32.0. The number of pyridine rings is 2. The zero-order valence-electron chi connectivity index (χ0n) is 15.8. The van der Waals surface area contributed by atoms with Gasteiger partial charge in [-0.25, -0.2) is 9.59 Å². The van der Waals surface area contributed by atoms with Crippen LogP contribution >= 0.6 is 0 Å². The molecule has 2 rings (SSSR count). The van der Waals surface area contributed by atoms with Gasteiger partial charge >= 0.3 is 11.9 Å². The molecule has 0 aliphatic rings. The van der Waals surface area contributed by atoms with Crippen molar-refractivity contribution in [1.82, 2.24) is 9.97 Å². The third kappa shape index (κ3) is 4.07. The Morgan fingerprint density at radius 1 is 0.923 bits per heavy atom. The Balaban J connectivity index is 2.19. The van der Waals surface area contributed by atoms with Crippen molar-refractivity contribution < 1.29 is 19.1 Å². The van der Waals surface area contributed by atoms with E-state index in [9.17, 15) is 9.59 Å². The average molecular weight is 356 g/mol. The number of carbonyl (C=O) groups excluding carboxylic acids is 2. The molecule has 0 aliphatic heterocycles. The molecule has 0 spiro atoms. The maximum atomic E-state index is 11.8. The van der Waals surface area contributed by atoms with Gasteiger partial charge in [-0.15, -0.1) is 0 Å². The SMILES string of the molecule is COC(=O)c1cncc(CC[C@H](C)c2cncc(C(=O)OC)c2C)c1C. The number of hydrogen-bond acceptors (Lipinski definition) is 6. The van der Waals surface area contributed by atoms with Gasteiger partial charge in [-0.2, -0.15) is 0 Å². The van der Waals surface area contributed by atoms with Crippen molar-refractivity contribution in [2.24, 2.45) is 0 Å². The van der Waals surface area contributed by atoms with Crippen LogP contribution in [0.1, 0.15) is 62.2 Å². The molecular weight excluding hydrogens is 332 g/mol. The lowest BCUT2D eigenvalue weighted by Gasteiger charge is -2.17. The lowest BCUT2D eigenvalue weighted by Crippen LogP contribution is -2.10. The van der Waals surface area contributed by atoms with E-state index in [-0.39, 0.29) is 17.9 Å². The van der Waals surface area contributed by atoms with Crippen molar-refractivity contribution in [3.05, 3.63) is 58.2 Å². The Morgan fingerprint density at radius 2 is 1.46 bits per heavy atom. The van der Waals surface area contributed by atoms with E-state index in [0.717, 1.165) is 35.1 Å². The van der Waals surface area contributed by atoms with E-state index in [4.69, 9.17) is 9.47 Å². The van der Waals surface area contributed by atoms with Crippen LogP contribution in [0.25, 0.3) is 0 Å². The van der Waals surface area contributed by atoms with Crippen LogP contribution in [0.2, 0.25) is 0 Å². The third-order valence-corrected chi connectivity index (χ3v) is 4.76. The number of nitrogens with zero attached hydrogens (tertiary/aromatic N) is 2. The van der Waals surface area contributed by atoms with E-state index in [0.29, 0.717) is 11.1 Å². The average Bonchev–Trinajstić information content (AvgIpc) is 2.65. The molecule has 0 N–H and O–H groups in total. The van der Waals surface area contributed by atoms with Gasteiger partial charge in [0.25, 0.3) is 0 Å². The predicted octanol–water partition coefficient (Wildman–Crippen LogP) is 3.40. The first-order chi connectivity index (χ1) is 12.4. The van der Waals surface area contributed by atoms with Crippen LogP contribution in [0, 0.1) is 13.8 Å². The molecule has 0 radical (unpaired) electrons. The second-order valence-electron chi connectivity index (χ2n) is 6.30. The third-order valence-electron chi connectivity index (χ3n) is 4.76. The van der Waals surface area contributed by atoms with Crippen molar-refractivity contribution in [1.29, 1.82) is 0 Å². The van der Waals surface area contributed by atoms with E-state index in [2.05, 4.69) is 16.9 Å². The first-order valence-corrected chi connectivity index (χ1v) is 8.45. The summed E-state index contributed by atoms with van der Waals surface area (Å²) in [6, 6.07) is 0. The second-order valence-corrected chi connectivity index (χ2v) is 6.30. The molecule has 0 aromatic carbocycles. The van der Waals surface area contributed by atoms with Gasteiger partial charge in [-0.1, -0.05) is 6.92 Å². The van der Waals surface area contributed by atoms with Gasteiger partial charge in [0.15, 0.2) is 0 Å². The van der Waals surface area contributed by atoms with Gasteiger partial charge in [-0.3, -0.25) is 9.97 Å². The van der Waals surface area contributed by atoms with Gasteiger partial charge < -0.3 is 9.47 Å². The molecule has 2 aromatic heterocycles. The van der Waals surface area contributed by atoms with Gasteiger partial charge in [-0.05, 0) is 54.9 Å². The van der Waals surface area contributed by atoms with Gasteiger partial charge in [0, 0.05) is 24.8 Å². The number of hydrogen-bond donors (Lipinski definition) is 0. The number of rotatable bonds is 6. The highest BCUT2D eigenvalue weighted by Gasteiger charge is 2.18. The quantitative estimate of drug-likeness (QED) is 0.738. The lowest BCUT2D eigenvalue weighted by molar-refractivity contribution is 0.0590. The van der Waals surface area contributed by atoms with Crippen LogP contribution < -0.4 is 0 Å². The Hall–Kier alpha value is -2.76. The molecule has 0 aliphatic carbocycles. The van der Waals surface area contributed by atoms with Crippen LogP contribution in [0.5, 0.6) is 0 Å². The largest absolute Gasteiger partial charge is 0.465 e. The maximum absolute atomic E-state index is 11.8. The molecule has 6 nitrogen and oxygen atoms in total. The molecule has 0 saturated carbocycles. The van der Waals surface area contributed by atoms with E-state index in [1.54, 1.807) is 12.4 Å². The summed E-state index contributed by atoms with van der Waals surface area (Å²) in [6.45, 7) is 5.90. The number of aryl methyl sites for hydroxylation is 1. The molecule has 138 valence electrons. The van der Waals surface area contributed by atoms with Crippen LogP contribution in [0.3, 0.4) is 0 Å². The summed E-state index contributed by atoms with van der Waals surface area (Å²) in [7, 11) is 2.72. The van der Waals surface area contributed by atoms with Crippen LogP contribution in [0.4, 0.5) is 0 Å². The van der Waals surface area contributed by atoms with Gasteiger partial charge in [0.2, 0.25) is 0 Å². The van der Waals surface area contributed by atoms with Crippen LogP contribution in [-0.4, -0.2) is 36.1 Å². The highest BCUT2D eigenvalue weighted by Crippen LogP contribution is 2.26. The highest BCUT2D eigenvalue weighted by molar-refractivity contribution is 5.91. The molecule has 0 amide bonds. The molecule has 2 aromatic rings. The summed E-state index contributed by atoms with van der Waals surface area (Å²) >= 11 is 0. The van der Waals surface area contributed by atoms with Crippen molar-refractivity contribution in [2.45, 2.75) is 39.5 Å². The van der Waals surface area contributed by atoms with Gasteiger partial charge in [0.1, 0.15) is 0 Å². The Bertz CT molecular complexity index is 817. The van der Waals surface area contributed by atoms with E-state index < -0.39 is 0 Å². The number of aromatic nitrogens is 2. The first-order valence-electron chi connectivity index (χ1n) is 8.45. The molecule has 26 heavy (non-hydrogen) atoms. The van der Waals surface area contributed by atoms with Crippen molar-refractivity contribution in [3.8, 4) is 0 Å². The van der Waals surface area contributed by atoms with Gasteiger partial charge in [0.05, 0.1) is 25.3 Å². The first kappa shape index (κ1) is 19.6. The second kappa shape index (κ2) is 8.56. The summed E-state index contributed by atoms with van der Waals surface area (Å²) in [5.74, 6) is -0.570. The van der Waals surface area contributed by atoms with Crippen LogP contribution in [0.15, 0.2) is 24.8 Å². The van der Waals surface area contributed by atoms with Crippen LogP contribution in [-0.2, 0) is 15.9 Å². The zero-order chi connectivity index (χ0) is 19.3. The molecule has 0 saturated heterocycles. The Morgan fingerprint density at radius 3 is 2.04 bits per heavy atom.